The molecule has 1 aromatic rings. The maximum absolute atomic E-state index is 13.0. The highest BCUT2D eigenvalue weighted by Crippen LogP contribution is 2.25. The first-order valence-corrected chi connectivity index (χ1v) is 8.69. The lowest BCUT2D eigenvalue weighted by molar-refractivity contribution is 0.163. The minimum atomic E-state index is -3.55. The van der Waals surface area contributed by atoms with Gasteiger partial charge in [-0.05, 0) is 43.5 Å². The van der Waals surface area contributed by atoms with E-state index in [0.29, 0.717) is 29.3 Å². The van der Waals surface area contributed by atoms with Crippen LogP contribution >= 0.6 is 0 Å². The molecule has 0 saturated carbocycles. The molecule has 6 heteroatoms. The number of nitrogens with zero attached hydrogens (tertiary/aromatic N) is 1. The van der Waals surface area contributed by atoms with Crippen LogP contribution in [0.1, 0.15) is 32.3 Å². The molecule has 0 saturated heterocycles. The molecule has 0 aliphatic carbocycles. The quantitative estimate of drug-likeness (QED) is 0.748. The topological polar surface area (TPSA) is 72.6 Å². The number of ether oxygens (including phenoxy) is 1. The highest BCUT2D eigenvalue weighted by Gasteiger charge is 2.30. The summed E-state index contributed by atoms with van der Waals surface area (Å²) in [6.07, 6.45) is 1.54. The molecular formula is C15H26N2O3S. The number of aryl methyl sites for hydroxylation is 1. The Morgan fingerprint density at radius 3 is 2.38 bits per heavy atom. The van der Waals surface area contributed by atoms with E-state index in [2.05, 4.69) is 0 Å². The summed E-state index contributed by atoms with van der Waals surface area (Å²) in [7, 11) is -1.97. The number of anilines is 1. The first-order chi connectivity index (χ1) is 9.88. The van der Waals surface area contributed by atoms with E-state index >= 15 is 0 Å². The van der Waals surface area contributed by atoms with Crippen LogP contribution in [0.3, 0.4) is 0 Å². The van der Waals surface area contributed by atoms with Crippen molar-refractivity contribution in [3.63, 3.8) is 0 Å². The van der Waals surface area contributed by atoms with E-state index in [1.54, 1.807) is 36.5 Å². The Morgan fingerprint density at radius 1 is 1.29 bits per heavy atom. The van der Waals surface area contributed by atoms with Gasteiger partial charge in [0.15, 0.2) is 0 Å². The lowest BCUT2D eigenvalue weighted by Gasteiger charge is -2.30. The van der Waals surface area contributed by atoms with E-state index in [-0.39, 0.29) is 6.04 Å². The van der Waals surface area contributed by atoms with Gasteiger partial charge in [0.05, 0.1) is 11.5 Å². The average molecular weight is 314 g/mol. The number of benzene rings is 1. The van der Waals surface area contributed by atoms with Gasteiger partial charge in [-0.3, -0.25) is 0 Å². The molecule has 1 aromatic carbocycles. The van der Waals surface area contributed by atoms with E-state index in [4.69, 9.17) is 10.5 Å². The molecule has 0 heterocycles. The zero-order valence-corrected chi connectivity index (χ0v) is 14.1. The maximum Gasteiger partial charge on any atom is 0.243 e. The van der Waals surface area contributed by atoms with Gasteiger partial charge in [0.2, 0.25) is 10.0 Å². The van der Waals surface area contributed by atoms with Gasteiger partial charge in [-0.1, -0.05) is 13.8 Å². The van der Waals surface area contributed by atoms with Crippen molar-refractivity contribution < 1.29 is 13.2 Å². The number of hydrogen-bond donors (Lipinski definition) is 1. The normalized spacial score (nSPS) is 12.3. The molecule has 0 aliphatic heterocycles. The van der Waals surface area contributed by atoms with Crippen LogP contribution in [0.2, 0.25) is 0 Å². The second kappa shape index (κ2) is 7.77. The van der Waals surface area contributed by atoms with E-state index in [9.17, 15) is 8.42 Å². The third kappa shape index (κ3) is 4.18. The van der Waals surface area contributed by atoms with E-state index in [1.165, 1.54) is 0 Å². The fourth-order valence-electron chi connectivity index (χ4n) is 2.46. The van der Waals surface area contributed by atoms with Crippen molar-refractivity contribution in [1.82, 2.24) is 4.31 Å². The molecule has 0 unspecified atom stereocenters. The predicted octanol–water partition coefficient (Wildman–Crippen LogP) is 2.40. The molecule has 21 heavy (non-hydrogen) atoms. The molecule has 0 amide bonds. The lowest BCUT2D eigenvalue weighted by Crippen LogP contribution is -2.42. The van der Waals surface area contributed by atoms with Gasteiger partial charge in [0.25, 0.3) is 0 Å². The zero-order chi connectivity index (χ0) is 16.0. The zero-order valence-electron chi connectivity index (χ0n) is 13.3. The molecule has 0 fully saturated rings. The Hall–Kier alpha value is -1.11. The van der Waals surface area contributed by atoms with Crippen LogP contribution in [0.5, 0.6) is 0 Å². The van der Waals surface area contributed by atoms with Gasteiger partial charge >= 0.3 is 0 Å². The Bertz CT molecular complexity index is 554. The monoisotopic (exact) mass is 314 g/mol. The highest BCUT2D eigenvalue weighted by atomic mass is 32.2. The summed E-state index contributed by atoms with van der Waals surface area (Å²) in [5, 5.41) is 0. The highest BCUT2D eigenvalue weighted by molar-refractivity contribution is 7.89. The Balaban J connectivity index is 3.25. The number of sulfonamides is 1. The summed E-state index contributed by atoms with van der Waals surface area (Å²) in [5.41, 5.74) is 6.95. The van der Waals surface area contributed by atoms with Crippen LogP contribution in [0.15, 0.2) is 23.1 Å². The van der Waals surface area contributed by atoms with Crippen LogP contribution < -0.4 is 5.73 Å². The number of methoxy groups -OCH3 is 1. The third-order valence-corrected chi connectivity index (χ3v) is 5.76. The molecular weight excluding hydrogens is 288 g/mol. The summed E-state index contributed by atoms with van der Waals surface area (Å²) >= 11 is 0. The summed E-state index contributed by atoms with van der Waals surface area (Å²) < 4.78 is 32.5. The Morgan fingerprint density at radius 2 is 1.90 bits per heavy atom. The number of hydrogen-bond acceptors (Lipinski definition) is 4. The van der Waals surface area contributed by atoms with Crippen LogP contribution in [0.4, 0.5) is 5.69 Å². The molecule has 0 aliphatic rings. The van der Waals surface area contributed by atoms with Crippen molar-refractivity contribution in [2.75, 3.05) is 26.0 Å². The standard InChI is InChI=1S/C15H26N2O3S/c1-5-14(6-2)17(9-10-20-4)21(18,19)15-8-7-13(16)11-12(15)3/h7-8,11,14H,5-6,9-10,16H2,1-4H3. The van der Waals surface area contributed by atoms with Crippen LogP contribution in [-0.2, 0) is 14.8 Å². The Labute approximate surface area is 128 Å². The fraction of sp³-hybridized carbons (Fsp3) is 0.600. The summed E-state index contributed by atoms with van der Waals surface area (Å²) in [5.74, 6) is 0. The number of nitrogen functional groups attached to an aromatic ring is 1. The summed E-state index contributed by atoms with van der Waals surface area (Å²) in [6.45, 7) is 6.50. The van der Waals surface area contributed by atoms with Crippen LogP contribution in [0, 0.1) is 6.92 Å². The average Bonchev–Trinajstić information content (AvgIpc) is 2.42. The number of nitrogens with two attached hydrogens (primary N) is 1. The first-order valence-electron chi connectivity index (χ1n) is 7.25. The SMILES string of the molecule is CCC(CC)N(CCOC)S(=O)(=O)c1ccc(N)cc1C. The molecule has 0 atom stereocenters. The van der Waals surface area contributed by atoms with Crippen molar-refractivity contribution in [3.05, 3.63) is 23.8 Å². The smallest absolute Gasteiger partial charge is 0.243 e. The van der Waals surface area contributed by atoms with Crippen LogP contribution in [0.25, 0.3) is 0 Å². The first kappa shape index (κ1) is 17.9. The largest absolute Gasteiger partial charge is 0.399 e. The molecule has 2 N–H and O–H groups in total. The van der Waals surface area contributed by atoms with Crippen molar-refractivity contribution >= 4 is 15.7 Å². The van der Waals surface area contributed by atoms with Gasteiger partial charge in [0.1, 0.15) is 0 Å². The molecule has 0 aromatic heterocycles. The van der Waals surface area contributed by atoms with Gasteiger partial charge < -0.3 is 10.5 Å². The summed E-state index contributed by atoms with van der Waals surface area (Å²) in [4.78, 5) is 0.319. The molecule has 1 rings (SSSR count). The van der Waals surface area contributed by atoms with Gasteiger partial charge in [-0.15, -0.1) is 0 Å². The third-order valence-electron chi connectivity index (χ3n) is 3.65. The molecule has 5 nitrogen and oxygen atoms in total. The minimum absolute atomic E-state index is 0.0258. The van der Waals surface area contributed by atoms with Gasteiger partial charge in [0, 0.05) is 25.4 Å². The second-order valence-corrected chi connectivity index (χ2v) is 6.96. The predicted molar refractivity (Wildman–Crippen MR) is 85.7 cm³/mol. The van der Waals surface area contributed by atoms with Crippen molar-refractivity contribution in [3.8, 4) is 0 Å². The van der Waals surface area contributed by atoms with Crippen molar-refractivity contribution in [2.45, 2.75) is 44.6 Å². The fourth-order valence-corrected chi connectivity index (χ4v) is 4.43. The maximum atomic E-state index is 13.0. The van der Waals surface area contributed by atoms with Crippen molar-refractivity contribution in [1.29, 1.82) is 0 Å². The van der Waals surface area contributed by atoms with Crippen molar-refractivity contribution in [2.24, 2.45) is 0 Å². The Kier molecular flexibility index (Phi) is 6.64. The molecule has 0 radical (unpaired) electrons. The minimum Gasteiger partial charge on any atom is -0.399 e. The lowest BCUT2D eigenvalue weighted by atomic mass is 10.2. The summed E-state index contributed by atoms with van der Waals surface area (Å²) in [6, 6.07) is 4.87. The van der Waals surface area contributed by atoms with E-state index < -0.39 is 10.0 Å². The second-order valence-electron chi connectivity index (χ2n) is 5.10. The van der Waals surface area contributed by atoms with Gasteiger partial charge in [-0.2, -0.15) is 4.31 Å². The van der Waals surface area contributed by atoms with Gasteiger partial charge in [-0.25, -0.2) is 8.42 Å². The molecule has 0 bridgehead atoms. The molecule has 0 spiro atoms. The van der Waals surface area contributed by atoms with E-state index in [0.717, 1.165) is 12.8 Å². The van der Waals surface area contributed by atoms with E-state index in [1.807, 2.05) is 13.8 Å². The molecule has 120 valence electrons. The van der Waals surface area contributed by atoms with Crippen LogP contribution in [-0.4, -0.2) is 39.0 Å². The number of rotatable bonds is 8.